The van der Waals surface area contributed by atoms with Crippen LogP contribution < -0.4 is 0 Å². The van der Waals surface area contributed by atoms with Gasteiger partial charge in [-0.05, 0) is 50.3 Å². The molecule has 0 saturated heterocycles. The van der Waals surface area contributed by atoms with E-state index < -0.39 is 0 Å². The molecule has 1 heteroatoms. The van der Waals surface area contributed by atoms with Crippen LogP contribution >= 0.6 is 0 Å². The second-order valence-corrected chi connectivity index (χ2v) is 6.23. The van der Waals surface area contributed by atoms with Gasteiger partial charge in [-0.15, -0.1) is 0 Å². The zero-order chi connectivity index (χ0) is 23.5. The number of hydrogen-bond donors (Lipinski definition) is 0. The molecule has 1 rings (SSSR count). The fourth-order valence-electron chi connectivity index (χ4n) is 1.82. The Morgan fingerprint density at radius 1 is 0.759 bits per heavy atom. The van der Waals surface area contributed by atoms with E-state index >= 15 is 0 Å². The van der Waals surface area contributed by atoms with Gasteiger partial charge in [0.1, 0.15) is 0 Å². The Kier molecular flexibility index (Phi) is 36.6. The molecule has 0 radical (unpaired) electrons. The lowest BCUT2D eigenvalue weighted by atomic mass is 10.4. The van der Waals surface area contributed by atoms with E-state index in [9.17, 15) is 0 Å². The van der Waals surface area contributed by atoms with E-state index in [0.717, 1.165) is 0 Å². The van der Waals surface area contributed by atoms with Gasteiger partial charge < -0.3 is 0 Å². The van der Waals surface area contributed by atoms with Crippen LogP contribution in [0.25, 0.3) is 0 Å². The van der Waals surface area contributed by atoms with Crippen molar-refractivity contribution in [1.82, 2.24) is 0 Å². The van der Waals surface area contributed by atoms with Crippen LogP contribution in [-0.4, -0.2) is 0 Å². The van der Waals surface area contributed by atoms with Crippen molar-refractivity contribution < 1.29 is 0 Å². The van der Waals surface area contributed by atoms with E-state index in [1.54, 1.807) is 6.08 Å². The van der Waals surface area contributed by atoms with Gasteiger partial charge in [-0.25, -0.2) is 0 Å². The first-order valence-corrected chi connectivity index (χ1v) is 12.2. The normalized spacial score (nSPS) is 11.4. The summed E-state index contributed by atoms with van der Waals surface area (Å²) in [5.74, 6) is 0. The molecule has 0 aliphatic rings. The maximum atomic E-state index is 3.99. The molecule has 1 atom stereocenters. The van der Waals surface area contributed by atoms with Crippen molar-refractivity contribution in [2.75, 3.05) is 0 Å². The van der Waals surface area contributed by atoms with Crippen LogP contribution in [0.1, 0.15) is 69.2 Å². The lowest BCUT2D eigenvalue weighted by Gasteiger charge is -2.08. The first-order valence-electron chi connectivity index (χ1n) is 11.0. The van der Waals surface area contributed by atoms with E-state index in [1.165, 1.54) is 14.7 Å². The number of hydrogen-bond acceptors (Lipinski definition) is 0. The summed E-state index contributed by atoms with van der Waals surface area (Å²) in [6, 6.07) is 10.5. The third-order valence-corrected chi connectivity index (χ3v) is 5.15. The zero-order valence-electron chi connectivity index (χ0n) is 20.8. The van der Waals surface area contributed by atoms with E-state index in [1.807, 2.05) is 86.6 Å². The van der Waals surface area contributed by atoms with Crippen molar-refractivity contribution >= 4 is 10.9 Å². The van der Waals surface area contributed by atoms with Crippen LogP contribution in [0.3, 0.4) is 0 Å². The molecule has 164 valence electrons. The molecule has 0 aromatic heterocycles. The smallest absolute Gasteiger partial charge is 0.0991 e. The third-order valence-electron chi connectivity index (χ3n) is 2.79. The first kappa shape index (κ1) is 34.5. The molecule has 1 unspecified atom stereocenters. The van der Waals surface area contributed by atoms with Gasteiger partial charge >= 0.3 is 0 Å². The van der Waals surface area contributed by atoms with E-state index in [4.69, 9.17) is 0 Å². The molecule has 0 nitrogen and oxygen atoms in total. The largest absolute Gasteiger partial charge is 0.166 e. The second-order valence-electron chi connectivity index (χ2n) is 4.20. The minimum Gasteiger partial charge on any atom is -0.0991 e. The average molecular weight is 416 g/mol. The van der Waals surface area contributed by atoms with E-state index in [0.29, 0.717) is 0 Å². The van der Waals surface area contributed by atoms with Gasteiger partial charge in [-0.2, -0.15) is 0 Å². The molecule has 0 aliphatic heterocycles. The third kappa shape index (κ3) is 16.6. The van der Waals surface area contributed by atoms with Crippen molar-refractivity contribution in [2.45, 2.75) is 74.1 Å². The van der Waals surface area contributed by atoms with Crippen LogP contribution in [0.5, 0.6) is 0 Å². The summed E-state index contributed by atoms with van der Waals surface area (Å²) < 4.78 is 0. The summed E-state index contributed by atoms with van der Waals surface area (Å²) in [7, 11) is -0.148. The highest BCUT2D eigenvalue weighted by Gasteiger charge is 2.29. The highest BCUT2D eigenvalue weighted by Crippen LogP contribution is 2.30. The average Bonchev–Trinajstić information content (AvgIpc) is 2.84. The summed E-state index contributed by atoms with van der Waals surface area (Å²) in [5, 5.41) is 0. The second kappa shape index (κ2) is 30.7. The van der Waals surface area contributed by atoms with Gasteiger partial charge in [-0.1, -0.05) is 111 Å². The van der Waals surface area contributed by atoms with Gasteiger partial charge in [-0.3, -0.25) is 0 Å². The van der Waals surface area contributed by atoms with Crippen LogP contribution in [0.2, 0.25) is 0 Å². The Balaban J connectivity index is -0.000000347. The van der Waals surface area contributed by atoms with Gasteiger partial charge in [0.2, 0.25) is 0 Å². The van der Waals surface area contributed by atoms with Crippen LogP contribution in [0.4, 0.5) is 0 Å². The van der Waals surface area contributed by atoms with Crippen molar-refractivity contribution in [1.29, 1.82) is 0 Å². The minimum atomic E-state index is -0.148. The number of benzene rings is 1. The van der Waals surface area contributed by atoms with Crippen LogP contribution in [0.15, 0.2) is 107 Å². The molecular formula is C28H47S+. The summed E-state index contributed by atoms with van der Waals surface area (Å²) in [5.41, 5.74) is 0. The van der Waals surface area contributed by atoms with Gasteiger partial charge in [0.05, 0.1) is 10.9 Å². The van der Waals surface area contributed by atoms with Crippen LogP contribution in [0, 0.1) is 0 Å². The maximum absolute atomic E-state index is 3.99. The molecular weight excluding hydrogens is 368 g/mol. The molecule has 0 N–H and O–H groups in total. The Labute approximate surface area is 186 Å². The number of rotatable bonds is 7. The van der Waals surface area contributed by atoms with Crippen molar-refractivity contribution in [3.05, 3.63) is 102 Å². The van der Waals surface area contributed by atoms with E-state index in [-0.39, 0.29) is 10.9 Å². The Morgan fingerprint density at radius 2 is 1.28 bits per heavy atom. The molecule has 0 aliphatic carbocycles. The Hall–Kier alpha value is -1.99. The molecule has 1 aromatic carbocycles. The molecule has 29 heavy (non-hydrogen) atoms. The highest BCUT2D eigenvalue weighted by atomic mass is 32.2. The fourth-order valence-corrected chi connectivity index (χ4v) is 3.90. The van der Waals surface area contributed by atoms with Gasteiger partial charge in [0, 0.05) is 0 Å². The van der Waals surface area contributed by atoms with Crippen molar-refractivity contribution in [3.63, 3.8) is 0 Å². The van der Waals surface area contributed by atoms with E-state index in [2.05, 4.69) is 68.7 Å². The lowest BCUT2D eigenvalue weighted by molar-refractivity contribution is 1.45. The van der Waals surface area contributed by atoms with Crippen molar-refractivity contribution in [3.8, 4) is 0 Å². The predicted octanol–water partition coefficient (Wildman–Crippen LogP) is 10.1. The quantitative estimate of drug-likeness (QED) is 0.307. The molecule has 0 saturated carbocycles. The maximum Gasteiger partial charge on any atom is 0.166 e. The Bertz CT molecular complexity index is 572. The van der Waals surface area contributed by atoms with Crippen LogP contribution in [-0.2, 0) is 10.9 Å². The minimum absolute atomic E-state index is 0.148. The predicted molar refractivity (Wildman–Crippen MR) is 144 cm³/mol. The fraction of sp³-hybridized carbons (Fsp3) is 0.357. The van der Waals surface area contributed by atoms with Gasteiger partial charge in [0.25, 0.3) is 0 Å². The van der Waals surface area contributed by atoms with Crippen molar-refractivity contribution in [2.24, 2.45) is 0 Å². The summed E-state index contributed by atoms with van der Waals surface area (Å²) in [4.78, 5) is 3.76. The molecule has 0 fully saturated rings. The molecule has 0 amide bonds. The summed E-state index contributed by atoms with van der Waals surface area (Å²) >= 11 is 0. The van der Waals surface area contributed by atoms with Gasteiger partial charge in [0.15, 0.2) is 14.7 Å². The monoisotopic (exact) mass is 415 g/mol. The summed E-state index contributed by atoms with van der Waals surface area (Å²) in [6.07, 6.45) is 16.2. The molecule has 0 spiro atoms. The summed E-state index contributed by atoms with van der Waals surface area (Å²) in [6.45, 7) is 27.8. The highest BCUT2D eigenvalue weighted by molar-refractivity contribution is 8.04. The zero-order valence-corrected chi connectivity index (χ0v) is 21.6. The standard InChI is InChI=1S/C20H23S.4C2H6/c1-5-9-14-18(7-3)21(19(8-4)15-10-6-2)20-16-12-11-13-17-20;4*1-2/h5-17H,1,4H2,2-3H3;4*1-2H3/q+1;;;;/b10-6-,14-9-,18-7+,19-15+;;;;. The Morgan fingerprint density at radius 3 is 1.66 bits per heavy atom. The molecule has 1 aromatic rings. The first-order chi connectivity index (χ1) is 14.3. The lowest BCUT2D eigenvalue weighted by Crippen LogP contribution is -2.06. The molecule has 0 bridgehead atoms. The topological polar surface area (TPSA) is 0 Å². The molecule has 0 heterocycles. The SMILES string of the molecule is C=C/C=C\C(=C/C)[S+](/C(C=C)=C/C=C\C)c1ccccc1.CC.CC.CC.CC. The number of allylic oxidation sites excluding steroid dienone is 8.